The molecule has 8 nitrogen and oxygen atoms in total. The molecule has 0 radical (unpaired) electrons. The third kappa shape index (κ3) is 2.42. The fraction of sp³-hybridized carbons (Fsp3) is 0.571. The summed E-state index contributed by atoms with van der Waals surface area (Å²) in [5, 5.41) is 0. The summed E-state index contributed by atoms with van der Waals surface area (Å²) in [4.78, 5) is 34.4. The Bertz CT molecular complexity index is 293. The lowest BCUT2D eigenvalue weighted by molar-refractivity contribution is -0.154. The van der Waals surface area contributed by atoms with E-state index in [4.69, 9.17) is 16.3 Å². The second-order valence-electron chi connectivity index (χ2n) is 2.97. The number of carbonyl (C=O) groups is 3. The molecule has 0 aromatic carbocycles. The number of amides is 3. The highest BCUT2D eigenvalue weighted by Crippen LogP contribution is 2.06. The summed E-state index contributed by atoms with van der Waals surface area (Å²) in [6, 6.07) is -0.913. The molecule has 1 aliphatic rings. The van der Waals surface area contributed by atoms with Crippen LogP contribution in [0.25, 0.3) is 0 Å². The van der Waals surface area contributed by atoms with Gasteiger partial charge in [-0.2, -0.15) is 0 Å². The highest BCUT2D eigenvalue weighted by Gasteiger charge is 2.34. The van der Waals surface area contributed by atoms with Crippen molar-refractivity contribution in [2.75, 3.05) is 19.8 Å². The van der Waals surface area contributed by atoms with E-state index in [9.17, 15) is 14.4 Å². The van der Waals surface area contributed by atoms with Crippen molar-refractivity contribution in [3.8, 4) is 0 Å². The van der Waals surface area contributed by atoms with Gasteiger partial charge in [0.1, 0.15) is 6.04 Å². The van der Waals surface area contributed by atoms with Crippen LogP contribution in [0.3, 0.4) is 0 Å². The van der Waals surface area contributed by atoms with E-state index in [0.717, 1.165) is 4.90 Å². The zero-order chi connectivity index (χ0) is 11.4. The topological polar surface area (TPSA) is 128 Å². The predicted octanol–water partition coefficient (Wildman–Crippen LogP) is -3.31. The maximum atomic E-state index is 11.4. The Morgan fingerprint density at radius 1 is 1.40 bits per heavy atom. The minimum atomic E-state index is -0.983. The van der Waals surface area contributed by atoms with Crippen LogP contribution < -0.4 is 17.0 Å². The van der Waals surface area contributed by atoms with Crippen LogP contribution in [-0.2, 0) is 19.1 Å². The fourth-order valence-electron chi connectivity index (χ4n) is 1.27. The number of rotatable bonds is 1. The summed E-state index contributed by atoms with van der Waals surface area (Å²) in [6.45, 7) is 0.395. The van der Waals surface area contributed by atoms with Crippen molar-refractivity contribution < 1.29 is 19.1 Å². The van der Waals surface area contributed by atoms with E-state index in [1.54, 1.807) is 5.43 Å². The van der Waals surface area contributed by atoms with Gasteiger partial charge in [-0.25, -0.2) is 5.84 Å². The first-order chi connectivity index (χ1) is 7.07. The van der Waals surface area contributed by atoms with Crippen LogP contribution in [0, 0.1) is 0 Å². The summed E-state index contributed by atoms with van der Waals surface area (Å²) in [6.07, 6.45) is 0. The zero-order valence-corrected chi connectivity index (χ0v) is 7.93. The number of nitrogens with one attached hydrogen (secondary N) is 1. The van der Waals surface area contributed by atoms with Crippen LogP contribution in [0.4, 0.5) is 0 Å². The Labute approximate surface area is 85.5 Å². The minimum Gasteiger partial charge on any atom is -0.377 e. The van der Waals surface area contributed by atoms with Gasteiger partial charge >= 0.3 is 11.8 Å². The van der Waals surface area contributed by atoms with Gasteiger partial charge in [0.15, 0.2) is 0 Å². The molecule has 1 atom stereocenters. The van der Waals surface area contributed by atoms with Crippen molar-refractivity contribution in [2.24, 2.45) is 11.6 Å². The van der Waals surface area contributed by atoms with E-state index >= 15 is 0 Å². The summed E-state index contributed by atoms with van der Waals surface area (Å²) < 4.78 is 4.98. The van der Waals surface area contributed by atoms with E-state index in [1.165, 1.54) is 0 Å². The lowest BCUT2D eigenvalue weighted by Crippen LogP contribution is -2.58. The second-order valence-corrected chi connectivity index (χ2v) is 2.97. The number of ether oxygens (including phenoxy) is 1. The van der Waals surface area contributed by atoms with Crippen molar-refractivity contribution >= 4 is 17.7 Å². The summed E-state index contributed by atoms with van der Waals surface area (Å²) in [5.74, 6) is 2.22. The quantitative estimate of drug-likeness (QED) is 0.183. The molecule has 0 saturated carbocycles. The summed E-state index contributed by atoms with van der Waals surface area (Å²) in [7, 11) is 0. The third-order valence-electron chi connectivity index (χ3n) is 2.04. The van der Waals surface area contributed by atoms with Gasteiger partial charge in [0.25, 0.3) is 0 Å². The first-order valence-corrected chi connectivity index (χ1v) is 4.26. The molecular weight excluding hydrogens is 204 g/mol. The molecule has 0 aromatic rings. The maximum absolute atomic E-state index is 11.4. The molecule has 3 amide bonds. The number of nitrogens with zero attached hydrogens (tertiary/aromatic N) is 1. The van der Waals surface area contributed by atoms with Gasteiger partial charge in [0, 0.05) is 6.54 Å². The molecule has 1 unspecified atom stereocenters. The average molecular weight is 216 g/mol. The van der Waals surface area contributed by atoms with Crippen molar-refractivity contribution in [1.29, 1.82) is 0 Å². The van der Waals surface area contributed by atoms with Gasteiger partial charge in [-0.1, -0.05) is 0 Å². The Balaban J connectivity index is 2.76. The first kappa shape index (κ1) is 11.4. The van der Waals surface area contributed by atoms with Gasteiger partial charge in [-0.3, -0.25) is 19.8 Å². The third-order valence-corrected chi connectivity index (χ3v) is 2.04. The maximum Gasteiger partial charge on any atom is 0.323 e. The lowest BCUT2D eigenvalue weighted by atomic mass is 10.2. The van der Waals surface area contributed by atoms with Crippen LogP contribution in [0.5, 0.6) is 0 Å². The first-order valence-electron chi connectivity index (χ1n) is 4.26. The van der Waals surface area contributed by atoms with E-state index in [1.807, 2.05) is 0 Å². The molecule has 1 saturated heterocycles. The van der Waals surface area contributed by atoms with Crippen molar-refractivity contribution in [3.63, 3.8) is 0 Å². The standard InChI is InChI=1S/C7H12N4O4/c8-5(12)4-3-15-2-1-11(4)7(14)6(13)10-9/h4H,1-3,9H2,(H2,8,12)(H,10,13). The largest absolute Gasteiger partial charge is 0.377 e. The van der Waals surface area contributed by atoms with Gasteiger partial charge in [0.2, 0.25) is 5.91 Å². The molecule has 0 aliphatic carbocycles. The molecule has 1 aliphatic heterocycles. The number of morpholine rings is 1. The smallest absolute Gasteiger partial charge is 0.323 e. The molecule has 1 heterocycles. The molecule has 1 rings (SSSR count). The van der Waals surface area contributed by atoms with Crippen molar-refractivity contribution in [1.82, 2.24) is 10.3 Å². The fourth-order valence-corrected chi connectivity index (χ4v) is 1.27. The van der Waals surface area contributed by atoms with Crippen LogP contribution in [0.1, 0.15) is 0 Å². The SMILES string of the molecule is NNC(=O)C(=O)N1CCOCC1C(N)=O. The van der Waals surface area contributed by atoms with Gasteiger partial charge in [0.05, 0.1) is 13.2 Å². The molecule has 0 aromatic heterocycles. The zero-order valence-electron chi connectivity index (χ0n) is 7.93. The molecule has 0 bridgehead atoms. The molecular formula is C7H12N4O4. The second kappa shape index (κ2) is 4.71. The number of hydrogen-bond acceptors (Lipinski definition) is 5. The average Bonchev–Trinajstić information content (AvgIpc) is 2.27. The minimum absolute atomic E-state index is 0.00107. The molecule has 15 heavy (non-hydrogen) atoms. The highest BCUT2D eigenvalue weighted by molar-refractivity contribution is 6.35. The van der Waals surface area contributed by atoms with Crippen molar-refractivity contribution in [2.45, 2.75) is 6.04 Å². The van der Waals surface area contributed by atoms with Gasteiger partial charge < -0.3 is 15.4 Å². The van der Waals surface area contributed by atoms with Crippen LogP contribution in [0.15, 0.2) is 0 Å². The Hall–Kier alpha value is -1.67. The molecule has 5 N–H and O–H groups in total. The molecule has 84 valence electrons. The predicted molar refractivity (Wildman–Crippen MR) is 47.8 cm³/mol. The van der Waals surface area contributed by atoms with Gasteiger partial charge in [-0.15, -0.1) is 0 Å². The summed E-state index contributed by atoms with van der Waals surface area (Å²) in [5.41, 5.74) is 6.76. The summed E-state index contributed by atoms with van der Waals surface area (Å²) >= 11 is 0. The highest BCUT2D eigenvalue weighted by atomic mass is 16.5. The Kier molecular flexibility index (Phi) is 3.58. The van der Waals surface area contributed by atoms with Gasteiger partial charge in [-0.05, 0) is 0 Å². The molecule has 1 fully saturated rings. The van der Waals surface area contributed by atoms with E-state index in [0.29, 0.717) is 0 Å². The molecule has 8 heteroatoms. The van der Waals surface area contributed by atoms with Crippen molar-refractivity contribution in [3.05, 3.63) is 0 Å². The lowest BCUT2D eigenvalue weighted by Gasteiger charge is -2.32. The number of carbonyl (C=O) groups excluding carboxylic acids is 3. The van der Waals surface area contributed by atoms with E-state index < -0.39 is 23.8 Å². The number of hydrogen-bond donors (Lipinski definition) is 3. The number of primary amides is 1. The number of nitrogens with two attached hydrogens (primary N) is 2. The number of hydrazine groups is 1. The van der Waals surface area contributed by atoms with E-state index in [2.05, 4.69) is 0 Å². The van der Waals surface area contributed by atoms with E-state index in [-0.39, 0.29) is 19.8 Å². The van der Waals surface area contributed by atoms with Crippen LogP contribution in [0.2, 0.25) is 0 Å². The normalized spacial score (nSPS) is 20.9. The molecule has 0 spiro atoms. The van der Waals surface area contributed by atoms with Crippen LogP contribution >= 0.6 is 0 Å². The monoisotopic (exact) mass is 216 g/mol. The Morgan fingerprint density at radius 2 is 2.07 bits per heavy atom. The Morgan fingerprint density at radius 3 is 2.60 bits per heavy atom. The van der Waals surface area contributed by atoms with Crippen LogP contribution in [-0.4, -0.2) is 48.4 Å².